The molecule has 0 N–H and O–H groups in total. The largest absolute Gasteiger partial charge is 0.122 e. The van der Waals surface area contributed by atoms with Crippen LogP contribution in [0.2, 0.25) is 0 Å². The summed E-state index contributed by atoms with van der Waals surface area (Å²) in [4.78, 5) is 0. The van der Waals surface area contributed by atoms with Crippen molar-refractivity contribution in [3.8, 4) is 0 Å². The average molecular weight is 118 g/mol. The van der Waals surface area contributed by atoms with Gasteiger partial charge >= 0.3 is 0 Å². The lowest BCUT2D eigenvalue weighted by Crippen LogP contribution is -1.72. The van der Waals surface area contributed by atoms with E-state index in [-0.39, 0.29) is 0 Å². The molecule has 0 saturated heterocycles. The van der Waals surface area contributed by atoms with Gasteiger partial charge in [-0.15, -0.1) is 5.73 Å². The summed E-state index contributed by atoms with van der Waals surface area (Å²) >= 11 is 0. The Bertz CT molecular complexity index is 214. The molecule has 0 amide bonds. The predicted molar refractivity (Wildman–Crippen MR) is 38.0 cm³/mol. The minimum Gasteiger partial charge on any atom is -0.122 e. The first-order valence-electron chi connectivity index (χ1n) is 3.51. The summed E-state index contributed by atoms with van der Waals surface area (Å²) in [5.41, 5.74) is 4.66. The fraction of sp³-hybridized carbons (Fsp3) is 0.444. The molecule has 0 nitrogen and oxygen atoms in total. The number of fused-ring (bicyclic) bond motifs is 1. The van der Waals surface area contributed by atoms with Gasteiger partial charge in [0.15, 0.2) is 0 Å². The van der Waals surface area contributed by atoms with Gasteiger partial charge in [-0.3, -0.25) is 0 Å². The van der Waals surface area contributed by atoms with Crippen molar-refractivity contribution in [3.05, 3.63) is 29.5 Å². The van der Waals surface area contributed by atoms with Crippen LogP contribution in [0.4, 0.5) is 0 Å². The molecule has 2 aliphatic rings. The van der Waals surface area contributed by atoms with Crippen LogP contribution < -0.4 is 0 Å². The molecule has 0 spiro atoms. The van der Waals surface area contributed by atoms with Crippen molar-refractivity contribution < 1.29 is 0 Å². The summed E-state index contributed by atoms with van der Waals surface area (Å²) < 4.78 is 0. The molecule has 0 bridgehead atoms. The number of allylic oxidation sites excluding steroid dienone is 3. The average Bonchev–Trinajstić information content (AvgIpc) is 2.54. The number of rotatable bonds is 0. The van der Waals surface area contributed by atoms with E-state index >= 15 is 0 Å². The van der Waals surface area contributed by atoms with E-state index in [2.05, 4.69) is 17.9 Å². The molecule has 0 unspecified atom stereocenters. The van der Waals surface area contributed by atoms with Gasteiger partial charge in [-0.2, -0.15) is 0 Å². The first kappa shape index (κ1) is 5.08. The SMILES string of the molecule is CC=C=C1C=C[C@@H]2C[C@H]12. The van der Waals surface area contributed by atoms with Gasteiger partial charge in [0.25, 0.3) is 0 Å². The van der Waals surface area contributed by atoms with Gasteiger partial charge in [0.1, 0.15) is 0 Å². The molecule has 1 saturated carbocycles. The van der Waals surface area contributed by atoms with Crippen LogP contribution in [0.3, 0.4) is 0 Å². The number of hydrogen-bond acceptors (Lipinski definition) is 0. The number of hydrogen-bond donors (Lipinski definition) is 0. The smallest absolute Gasteiger partial charge is 0.00196 e. The highest BCUT2D eigenvalue weighted by molar-refractivity contribution is 5.36. The van der Waals surface area contributed by atoms with Gasteiger partial charge in [0.2, 0.25) is 0 Å². The highest BCUT2D eigenvalue weighted by Crippen LogP contribution is 2.49. The molecule has 1 fully saturated rings. The molecule has 2 rings (SSSR count). The Balaban J connectivity index is 2.34. The van der Waals surface area contributed by atoms with Crippen LogP contribution >= 0.6 is 0 Å². The van der Waals surface area contributed by atoms with E-state index in [0.717, 1.165) is 11.8 Å². The maximum Gasteiger partial charge on any atom is -0.00196 e. The predicted octanol–water partition coefficient (Wildman–Crippen LogP) is 2.29. The van der Waals surface area contributed by atoms with Crippen molar-refractivity contribution in [2.24, 2.45) is 11.8 Å². The third-order valence-electron chi connectivity index (χ3n) is 2.07. The van der Waals surface area contributed by atoms with E-state index in [0.29, 0.717) is 0 Å². The molecular formula is C9H10. The van der Waals surface area contributed by atoms with Crippen LogP contribution in [0, 0.1) is 11.8 Å². The van der Waals surface area contributed by atoms with Crippen LogP contribution in [0.5, 0.6) is 0 Å². The monoisotopic (exact) mass is 118 g/mol. The van der Waals surface area contributed by atoms with Crippen LogP contribution in [0.1, 0.15) is 13.3 Å². The van der Waals surface area contributed by atoms with Gasteiger partial charge in [0.05, 0.1) is 0 Å². The maximum absolute atomic E-state index is 3.24. The Labute approximate surface area is 55.6 Å². The fourth-order valence-electron chi connectivity index (χ4n) is 1.46. The minimum atomic E-state index is 0.862. The second-order valence-electron chi connectivity index (χ2n) is 2.75. The molecule has 0 aromatic heterocycles. The Hall–Kier alpha value is -0.740. The van der Waals surface area contributed by atoms with Gasteiger partial charge in [-0.1, -0.05) is 12.2 Å². The third-order valence-corrected chi connectivity index (χ3v) is 2.07. The second-order valence-corrected chi connectivity index (χ2v) is 2.75. The standard InChI is InChI=1S/C9H10/c1-2-3-7-4-5-8-6-9(7)8/h2,4-5,8-9H,6H2,1H3/t3?,8-,9-/m1/s1. The van der Waals surface area contributed by atoms with Crippen LogP contribution in [-0.2, 0) is 0 Å². The molecule has 46 valence electrons. The summed E-state index contributed by atoms with van der Waals surface area (Å²) in [5, 5.41) is 0. The first-order valence-corrected chi connectivity index (χ1v) is 3.51. The lowest BCUT2D eigenvalue weighted by Gasteiger charge is -1.84. The quantitative estimate of drug-likeness (QED) is 0.428. The van der Waals surface area contributed by atoms with Crippen LogP contribution in [0.25, 0.3) is 0 Å². The lowest BCUT2D eigenvalue weighted by molar-refractivity contribution is 1.00. The zero-order valence-electron chi connectivity index (χ0n) is 5.59. The van der Waals surface area contributed by atoms with E-state index in [1.165, 1.54) is 12.0 Å². The lowest BCUT2D eigenvalue weighted by atomic mass is 10.2. The topological polar surface area (TPSA) is 0 Å². The van der Waals surface area contributed by atoms with Crippen molar-refractivity contribution in [2.45, 2.75) is 13.3 Å². The zero-order valence-corrected chi connectivity index (χ0v) is 5.59. The minimum absolute atomic E-state index is 0.862. The van der Waals surface area contributed by atoms with Crippen LogP contribution in [0.15, 0.2) is 29.5 Å². The summed E-state index contributed by atoms with van der Waals surface area (Å²) in [6, 6.07) is 0. The van der Waals surface area contributed by atoms with Crippen molar-refractivity contribution in [1.82, 2.24) is 0 Å². The third kappa shape index (κ3) is 0.674. The normalized spacial score (nSPS) is 35.9. The molecule has 9 heavy (non-hydrogen) atoms. The van der Waals surface area contributed by atoms with Gasteiger partial charge in [-0.25, -0.2) is 0 Å². The molecule has 0 heterocycles. The van der Waals surface area contributed by atoms with E-state index in [1.54, 1.807) is 0 Å². The van der Waals surface area contributed by atoms with E-state index < -0.39 is 0 Å². The van der Waals surface area contributed by atoms with E-state index in [1.807, 2.05) is 13.0 Å². The Morgan fingerprint density at radius 2 is 2.67 bits per heavy atom. The first-order chi connectivity index (χ1) is 4.42. The summed E-state index contributed by atoms with van der Waals surface area (Å²) in [7, 11) is 0. The molecule has 0 radical (unpaired) electrons. The maximum atomic E-state index is 3.24. The van der Waals surface area contributed by atoms with Gasteiger partial charge in [0, 0.05) is 0 Å². The molecule has 0 heteroatoms. The van der Waals surface area contributed by atoms with Crippen LogP contribution in [-0.4, -0.2) is 0 Å². The second kappa shape index (κ2) is 1.62. The van der Waals surface area contributed by atoms with E-state index in [9.17, 15) is 0 Å². The molecular weight excluding hydrogens is 108 g/mol. The van der Waals surface area contributed by atoms with Gasteiger partial charge in [-0.05, 0) is 36.8 Å². The van der Waals surface area contributed by atoms with Gasteiger partial charge < -0.3 is 0 Å². The van der Waals surface area contributed by atoms with Crippen molar-refractivity contribution in [3.63, 3.8) is 0 Å². The molecule has 2 aliphatic carbocycles. The Morgan fingerprint density at radius 3 is 3.11 bits per heavy atom. The highest BCUT2D eigenvalue weighted by atomic mass is 14.4. The van der Waals surface area contributed by atoms with Crippen molar-refractivity contribution in [2.75, 3.05) is 0 Å². The molecule has 0 aromatic rings. The fourth-order valence-corrected chi connectivity index (χ4v) is 1.46. The molecule has 0 aromatic carbocycles. The highest BCUT2D eigenvalue weighted by Gasteiger charge is 2.40. The summed E-state index contributed by atoms with van der Waals surface area (Å²) in [6.45, 7) is 2.02. The van der Waals surface area contributed by atoms with Crippen molar-refractivity contribution in [1.29, 1.82) is 0 Å². The molecule has 0 aliphatic heterocycles. The zero-order chi connectivity index (χ0) is 6.27. The Kier molecular flexibility index (Phi) is 0.913. The Morgan fingerprint density at radius 1 is 1.78 bits per heavy atom. The van der Waals surface area contributed by atoms with E-state index in [4.69, 9.17) is 0 Å². The summed E-state index contributed by atoms with van der Waals surface area (Å²) in [5.74, 6) is 1.76. The molecule has 2 atom stereocenters. The summed E-state index contributed by atoms with van der Waals surface area (Å²) in [6.07, 6.45) is 7.89. The van der Waals surface area contributed by atoms with Crippen molar-refractivity contribution >= 4 is 0 Å².